The van der Waals surface area contributed by atoms with Crippen LogP contribution in [0.15, 0.2) is 77.3 Å². The number of hydrogen-bond donors (Lipinski definition) is 2. The summed E-state index contributed by atoms with van der Waals surface area (Å²) in [7, 11) is 0. The van der Waals surface area contributed by atoms with Crippen LogP contribution in [-0.4, -0.2) is 16.1 Å². The molecule has 33 heavy (non-hydrogen) atoms. The molecule has 5 aromatic rings. The van der Waals surface area contributed by atoms with Gasteiger partial charge in [-0.15, -0.1) is 0 Å². The summed E-state index contributed by atoms with van der Waals surface area (Å²) >= 11 is 0. The van der Waals surface area contributed by atoms with E-state index in [1.807, 2.05) is 44.3 Å². The highest BCUT2D eigenvalue weighted by Crippen LogP contribution is 2.39. The Hall–Kier alpha value is -4.12. The molecule has 5 rings (SSSR count). The van der Waals surface area contributed by atoms with Crippen molar-refractivity contribution < 1.29 is 14.3 Å². The monoisotopic (exact) mass is 436 g/mol. The molecule has 0 aliphatic carbocycles. The number of carbonyl (C=O) groups is 1. The zero-order valence-corrected chi connectivity index (χ0v) is 18.7. The number of hydrogen-bond acceptors (Lipinski definition) is 4. The Bertz CT molecular complexity index is 1520. The largest absolute Gasteiger partial charge is 0.478 e. The summed E-state index contributed by atoms with van der Waals surface area (Å²) in [5.74, 6) is -0.963. The summed E-state index contributed by atoms with van der Waals surface area (Å²) in [6, 6.07) is 21.2. The molecule has 2 heterocycles. The number of anilines is 1. The molecule has 0 aliphatic rings. The predicted molar refractivity (Wildman–Crippen MR) is 132 cm³/mol. The van der Waals surface area contributed by atoms with Crippen LogP contribution in [-0.2, 0) is 0 Å². The topological polar surface area (TPSA) is 75.4 Å². The highest BCUT2D eigenvalue weighted by molar-refractivity contribution is 6.08. The Morgan fingerprint density at radius 2 is 1.73 bits per heavy atom. The van der Waals surface area contributed by atoms with Crippen LogP contribution >= 0.6 is 0 Å². The van der Waals surface area contributed by atoms with Crippen molar-refractivity contribution >= 4 is 33.7 Å². The van der Waals surface area contributed by atoms with Crippen LogP contribution in [0.4, 0.5) is 5.69 Å². The third-order valence-electron chi connectivity index (χ3n) is 6.06. The van der Waals surface area contributed by atoms with E-state index in [1.54, 1.807) is 18.2 Å². The highest BCUT2D eigenvalue weighted by atomic mass is 16.4. The molecule has 2 N–H and O–H groups in total. The van der Waals surface area contributed by atoms with Gasteiger partial charge >= 0.3 is 5.97 Å². The lowest BCUT2D eigenvalue weighted by Gasteiger charge is -2.18. The molecule has 2 aromatic heterocycles. The van der Waals surface area contributed by atoms with Gasteiger partial charge in [0.05, 0.1) is 11.6 Å². The minimum atomic E-state index is -0.963. The maximum Gasteiger partial charge on any atom is 0.337 e. The number of aromatic carboxylic acids is 1. The van der Waals surface area contributed by atoms with Crippen molar-refractivity contribution in [2.45, 2.75) is 26.8 Å². The van der Waals surface area contributed by atoms with Gasteiger partial charge < -0.3 is 14.8 Å². The second kappa shape index (κ2) is 8.10. The molecule has 5 nitrogen and oxygen atoms in total. The first-order valence-corrected chi connectivity index (χ1v) is 10.9. The fraction of sp³-hybridized carbons (Fsp3) is 0.143. The number of para-hydroxylation sites is 1. The van der Waals surface area contributed by atoms with Gasteiger partial charge in [-0.25, -0.2) is 4.79 Å². The molecule has 0 bridgehead atoms. The molecule has 3 aromatic carbocycles. The van der Waals surface area contributed by atoms with Crippen LogP contribution in [0, 0.1) is 13.8 Å². The first-order valence-electron chi connectivity index (χ1n) is 10.9. The average molecular weight is 437 g/mol. The third-order valence-corrected chi connectivity index (χ3v) is 6.06. The molecule has 0 spiro atoms. The molecule has 0 saturated heterocycles. The molecule has 0 amide bonds. The highest BCUT2D eigenvalue weighted by Gasteiger charge is 2.21. The van der Waals surface area contributed by atoms with Crippen LogP contribution in [0.2, 0.25) is 0 Å². The number of furan rings is 1. The first kappa shape index (κ1) is 20.8. The van der Waals surface area contributed by atoms with Gasteiger partial charge in [-0.3, -0.25) is 4.98 Å². The van der Waals surface area contributed by atoms with Crippen molar-refractivity contribution in [3.05, 3.63) is 95.2 Å². The van der Waals surface area contributed by atoms with Crippen LogP contribution in [0.5, 0.6) is 0 Å². The molecule has 1 atom stereocenters. The van der Waals surface area contributed by atoms with E-state index in [2.05, 4.69) is 41.5 Å². The Labute approximate surface area is 191 Å². The standard InChI is InChI=1S/C28H24N2O3/c1-16-14-22(18(3)30-24-11-7-6-10-21(24)28(31)32)26-23(15-16)25-27(33-26)20(12-13-29-25)19-9-5-4-8-17(19)2/h4-15,18,30H,1-3H3,(H,31,32)/t18-/m1/s1. The molecule has 5 heteroatoms. The van der Waals surface area contributed by atoms with E-state index in [-0.39, 0.29) is 11.6 Å². The lowest BCUT2D eigenvalue weighted by Crippen LogP contribution is -2.11. The lowest BCUT2D eigenvalue weighted by molar-refractivity contribution is 0.0698. The molecule has 0 unspecified atom stereocenters. The van der Waals surface area contributed by atoms with E-state index in [0.717, 1.165) is 44.3 Å². The molecular formula is C28H24N2O3. The summed E-state index contributed by atoms with van der Waals surface area (Å²) in [4.78, 5) is 16.3. The minimum absolute atomic E-state index is 0.185. The zero-order chi connectivity index (χ0) is 23.1. The maximum atomic E-state index is 11.7. The molecule has 0 saturated carbocycles. The number of nitrogens with one attached hydrogen (secondary N) is 1. The number of carboxylic acids is 1. The van der Waals surface area contributed by atoms with E-state index in [1.165, 1.54) is 5.56 Å². The minimum Gasteiger partial charge on any atom is -0.478 e. The van der Waals surface area contributed by atoms with Gasteiger partial charge in [-0.1, -0.05) is 42.5 Å². The van der Waals surface area contributed by atoms with Gasteiger partial charge in [0.2, 0.25) is 0 Å². The van der Waals surface area contributed by atoms with Crippen molar-refractivity contribution in [1.82, 2.24) is 4.98 Å². The van der Waals surface area contributed by atoms with Crippen LogP contribution in [0.1, 0.15) is 40.0 Å². The van der Waals surface area contributed by atoms with Gasteiger partial charge in [-0.2, -0.15) is 0 Å². The van der Waals surface area contributed by atoms with Gasteiger partial charge in [0.15, 0.2) is 5.58 Å². The number of pyridine rings is 1. The maximum absolute atomic E-state index is 11.7. The number of benzene rings is 3. The molecule has 0 radical (unpaired) electrons. The average Bonchev–Trinajstić information content (AvgIpc) is 3.18. The lowest BCUT2D eigenvalue weighted by atomic mass is 9.99. The number of rotatable bonds is 5. The smallest absolute Gasteiger partial charge is 0.337 e. The number of nitrogens with zero attached hydrogens (tertiary/aromatic N) is 1. The quantitative estimate of drug-likeness (QED) is 0.306. The summed E-state index contributed by atoms with van der Waals surface area (Å²) in [5, 5.41) is 13.9. The van der Waals surface area contributed by atoms with Gasteiger partial charge in [0.1, 0.15) is 11.1 Å². The van der Waals surface area contributed by atoms with Crippen molar-refractivity contribution in [2.75, 3.05) is 5.32 Å². The van der Waals surface area contributed by atoms with E-state index in [4.69, 9.17) is 4.42 Å². The van der Waals surface area contributed by atoms with Crippen molar-refractivity contribution in [2.24, 2.45) is 0 Å². The van der Waals surface area contributed by atoms with E-state index < -0.39 is 5.97 Å². The van der Waals surface area contributed by atoms with Gasteiger partial charge in [0.25, 0.3) is 0 Å². The second-order valence-corrected chi connectivity index (χ2v) is 8.40. The van der Waals surface area contributed by atoms with E-state index in [0.29, 0.717) is 5.69 Å². The Balaban J connectivity index is 1.68. The molecular weight excluding hydrogens is 412 g/mol. The molecule has 0 aliphatic heterocycles. The van der Waals surface area contributed by atoms with Crippen molar-refractivity contribution in [1.29, 1.82) is 0 Å². The summed E-state index contributed by atoms with van der Waals surface area (Å²) in [5.41, 5.74) is 8.49. The van der Waals surface area contributed by atoms with Crippen molar-refractivity contribution in [3.63, 3.8) is 0 Å². The summed E-state index contributed by atoms with van der Waals surface area (Å²) in [6.45, 7) is 6.15. The molecule has 0 fully saturated rings. The van der Waals surface area contributed by atoms with E-state index in [9.17, 15) is 9.90 Å². The van der Waals surface area contributed by atoms with E-state index >= 15 is 0 Å². The Morgan fingerprint density at radius 1 is 0.970 bits per heavy atom. The fourth-order valence-corrected chi connectivity index (χ4v) is 4.45. The number of aromatic nitrogens is 1. The third kappa shape index (κ3) is 3.61. The Kier molecular flexibility index (Phi) is 5.09. The number of carboxylic acid groups (broad SMARTS) is 1. The van der Waals surface area contributed by atoms with Crippen LogP contribution < -0.4 is 5.32 Å². The SMILES string of the molecule is Cc1cc([C@@H](C)Nc2ccccc2C(=O)O)c2oc3c(-c4ccccc4C)ccnc3c2c1. The van der Waals surface area contributed by atoms with Crippen LogP contribution in [0.25, 0.3) is 33.2 Å². The van der Waals surface area contributed by atoms with Gasteiger partial charge in [-0.05, 0) is 61.7 Å². The second-order valence-electron chi connectivity index (χ2n) is 8.40. The molecule has 164 valence electrons. The zero-order valence-electron chi connectivity index (χ0n) is 18.7. The summed E-state index contributed by atoms with van der Waals surface area (Å²) in [6.07, 6.45) is 1.83. The van der Waals surface area contributed by atoms with Crippen molar-refractivity contribution in [3.8, 4) is 11.1 Å². The van der Waals surface area contributed by atoms with Crippen LogP contribution in [0.3, 0.4) is 0 Å². The predicted octanol–water partition coefficient (Wildman–Crippen LogP) is 7.14. The summed E-state index contributed by atoms with van der Waals surface area (Å²) < 4.78 is 6.50. The number of aryl methyl sites for hydroxylation is 2. The normalized spacial score (nSPS) is 12.2. The number of fused-ring (bicyclic) bond motifs is 3. The Morgan fingerprint density at radius 3 is 2.52 bits per heavy atom. The van der Waals surface area contributed by atoms with Gasteiger partial charge in [0, 0.05) is 28.4 Å². The fourth-order valence-electron chi connectivity index (χ4n) is 4.45. The first-order chi connectivity index (χ1) is 15.9.